The van der Waals surface area contributed by atoms with Gasteiger partial charge in [-0.1, -0.05) is 44.2 Å². The predicted octanol–water partition coefficient (Wildman–Crippen LogP) is 5.93. The number of alkyl carbamates (subject to hydrolysis) is 1. The van der Waals surface area contributed by atoms with E-state index in [2.05, 4.69) is 40.6 Å². The van der Waals surface area contributed by atoms with Crippen molar-refractivity contribution in [1.82, 2.24) is 20.2 Å². The van der Waals surface area contributed by atoms with Crippen molar-refractivity contribution in [3.63, 3.8) is 0 Å². The Balaban J connectivity index is 1.13. The van der Waals surface area contributed by atoms with Gasteiger partial charge in [0.05, 0.1) is 25.0 Å². The Labute approximate surface area is 240 Å². The first kappa shape index (κ1) is 26.1. The van der Waals surface area contributed by atoms with E-state index < -0.39 is 12.1 Å². The summed E-state index contributed by atoms with van der Waals surface area (Å²) in [6, 6.07) is 11.7. The summed E-state index contributed by atoms with van der Waals surface area (Å²) in [6.07, 6.45) is 7.82. The van der Waals surface area contributed by atoms with E-state index in [-0.39, 0.29) is 23.3 Å². The highest BCUT2D eigenvalue weighted by atomic mass is 16.5. The number of aromatic hydroxyl groups is 1. The molecule has 1 saturated heterocycles. The van der Waals surface area contributed by atoms with Crippen molar-refractivity contribution in [2.45, 2.75) is 70.4 Å². The van der Waals surface area contributed by atoms with E-state index in [9.17, 15) is 14.7 Å². The summed E-state index contributed by atoms with van der Waals surface area (Å²) in [5, 5.41) is 13.2. The van der Waals surface area contributed by atoms with E-state index in [1.165, 1.54) is 36.6 Å². The van der Waals surface area contributed by atoms with Crippen LogP contribution >= 0.6 is 0 Å². The van der Waals surface area contributed by atoms with E-state index in [1.807, 2.05) is 31.0 Å². The number of imidazole rings is 1. The Kier molecular flexibility index (Phi) is 6.14. The summed E-state index contributed by atoms with van der Waals surface area (Å²) in [5.41, 5.74) is 7.00. The molecule has 7 rings (SSSR count). The SMILES string of the molecule is COC(=O)N[C@H](C(=O)N1CC2(CC2)C[C@H]1c1ncc(-c2ccc(-c3ccc(O)c4c3C3CCC3C4)cc2)[nH]1)C(C)C. The Bertz CT molecular complexity index is 1510. The topological polar surface area (TPSA) is 108 Å². The number of amides is 2. The fourth-order valence-corrected chi connectivity index (χ4v) is 7.43. The van der Waals surface area contributed by atoms with E-state index in [4.69, 9.17) is 9.72 Å². The molecule has 4 aliphatic rings. The molecule has 2 amide bonds. The number of phenolic OH excluding ortho intramolecular Hbond substituents is 1. The third-order valence-electron chi connectivity index (χ3n) is 10.1. The van der Waals surface area contributed by atoms with Crippen LogP contribution in [-0.4, -0.2) is 51.7 Å². The number of aromatic amines is 1. The smallest absolute Gasteiger partial charge is 0.407 e. The normalized spacial score (nSPS) is 24.1. The van der Waals surface area contributed by atoms with E-state index in [1.54, 1.807) is 0 Å². The fraction of sp³-hybridized carbons (Fsp3) is 0.485. The molecule has 3 fully saturated rings. The molecule has 2 saturated carbocycles. The Morgan fingerprint density at radius 2 is 1.88 bits per heavy atom. The monoisotopic (exact) mass is 554 g/mol. The maximum absolute atomic E-state index is 13.7. The number of carbonyl (C=O) groups is 2. The Morgan fingerprint density at radius 1 is 1.12 bits per heavy atom. The van der Waals surface area contributed by atoms with Gasteiger partial charge in [-0.25, -0.2) is 9.78 Å². The van der Waals surface area contributed by atoms with Gasteiger partial charge in [0.2, 0.25) is 5.91 Å². The maximum atomic E-state index is 13.7. The van der Waals surface area contributed by atoms with Gasteiger partial charge in [-0.2, -0.15) is 0 Å². The second-order valence-electron chi connectivity index (χ2n) is 13.0. The molecule has 1 spiro atoms. The number of rotatable bonds is 6. The lowest BCUT2D eigenvalue weighted by molar-refractivity contribution is -0.135. The van der Waals surface area contributed by atoms with Crippen molar-refractivity contribution < 1.29 is 19.4 Å². The summed E-state index contributed by atoms with van der Waals surface area (Å²) in [5.74, 6) is 2.32. The minimum absolute atomic E-state index is 0.0753. The maximum Gasteiger partial charge on any atom is 0.407 e. The van der Waals surface area contributed by atoms with Crippen LogP contribution in [-0.2, 0) is 16.0 Å². The van der Waals surface area contributed by atoms with Gasteiger partial charge in [0.15, 0.2) is 0 Å². The lowest BCUT2D eigenvalue weighted by Crippen LogP contribution is -2.51. The number of phenols is 1. The number of nitrogens with one attached hydrogen (secondary N) is 2. The third kappa shape index (κ3) is 4.39. The molecule has 2 heterocycles. The van der Waals surface area contributed by atoms with Crippen molar-refractivity contribution in [3.05, 3.63) is 59.5 Å². The number of carbonyl (C=O) groups excluding carboxylic acids is 2. The van der Waals surface area contributed by atoms with Crippen LogP contribution in [0.2, 0.25) is 0 Å². The standard InChI is InChI=1S/C33H38N4O4/c1-18(2)29(36-32(40)41-3)31(39)37-17-33(12-13-33)15-26(37)30-34-16-25(35-30)20-6-4-19(5-7-20)22-10-11-27(38)24-14-21-8-9-23(21)28(22)24/h4-7,10-11,16,18,21,23,26,29,38H,8-9,12-15,17H2,1-3H3,(H,34,35)(H,36,40)/t21?,23?,26-,29-/m0/s1. The molecule has 214 valence electrons. The number of aromatic nitrogens is 2. The highest BCUT2D eigenvalue weighted by molar-refractivity contribution is 5.86. The van der Waals surface area contributed by atoms with Crippen LogP contribution in [0.15, 0.2) is 42.6 Å². The summed E-state index contributed by atoms with van der Waals surface area (Å²) in [6.45, 7) is 4.55. The first-order valence-corrected chi connectivity index (χ1v) is 14.9. The van der Waals surface area contributed by atoms with Crippen LogP contribution in [0.4, 0.5) is 4.79 Å². The number of methoxy groups -OCH3 is 1. The highest BCUT2D eigenvalue weighted by Crippen LogP contribution is 2.58. The molecule has 3 aromatic rings. The van der Waals surface area contributed by atoms with E-state index >= 15 is 0 Å². The number of ether oxygens (including phenoxy) is 1. The molecule has 8 nitrogen and oxygen atoms in total. The lowest BCUT2D eigenvalue weighted by atomic mass is 9.73. The average molecular weight is 555 g/mol. The first-order chi connectivity index (χ1) is 19.8. The number of H-pyrrole nitrogens is 1. The number of likely N-dealkylation sites (tertiary alicyclic amines) is 1. The number of hydrogen-bond acceptors (Lipinski definition) is 5. The van der Waals surface area contributed by atoms with Gasteiger partial charge in [0.25, 0.3) is 0 Å². The fourth-order valence-electron chi connectivity index (χ4n) is 7.43. The molecule has 41 heavy (non-hydrogen) atoms. The van der Waals surface area contributed by atoms with Crippen LogP contribution in [0.25, 0.3) is 22.4 Å². The quantitative estimate of drug-likeness (QED) is 0.350. The number of benzene rings is 2. The molecule has 2 aromatic carbocycles. The summed E-state index contributed by atoms with van der Waals surface area (Å²) < 4.78 is 4.79. The Morgan fingerprint density at radius 3 is 2.54 bits per heavy atom. The molecule has 3 aliphatic carbocycles. The van der Waals surface area contributed by atoms with E-state index in [0.29, 0.717) is 24.1 Å². The van der Waals surface area contributed by atoms with Crippen molar-refractivity contribution in [1.29, 1.82) is 0 Å². The molecular weight excluding hydrogens is 516 g/mol. The molecule has 1 aromatic heterocycles. The molecule has 1 aliphatic heterocycles. The van der Waals surface area contributed by atoms with Crippen LogP contribution < -0.4 is 5.32 Å². The summed E-state index contributed by atoms with van der Waals surface area (Å²) in [4.78, 5) is 35.9. The van der Waals surface area contributed by atoms with Crippen LogP contribution in [0.1, 0.15) is 74.9 Å². The lowest BCUT2D eigenvalue weighted by Gasteiger charge is -2.31. The molecule has 2 unspecified atom stereocenters. The van der Waals surface area contributed by atoms with E-state index in [0.717, 1.165) is 48.3 Å². The van der Waals surface area contributed by atoms with Gasteiger partial charge in [-0.15, -0.1) is 0 Å². The predicted molar refractivity (Wildman–Crippen MR) is 155 cm³/mol. The van der Waals surface area contributed by atoms with Gasteiger partial charge >= 0.3 is 6.09 Å². The van der Waals surface area contributed by atoms with Crippen molar-refractivity contribution in [2.75, 3.05) is 13.7 Å². The van der Waals surface area contributed by atoms with Gasteiger partial charge in [-0.05, 0) is 95.6 Å². The highest BCUT2D eigenvalue weighted by Gasteiger charge is 2.55. The third-order valence-corrected chi connectivity index (χ3v) is 10.1. The molecule has 0 bridgehead atoms. The second-order valence-corrected chi connectivity index (χ2v) is 13.0. The minimum atomic E-state index is -0.655. The van der Waals surface area contributed by atoms with Crippen LogP contribution in [0.3, 0.4) is 0 Å². The molecule has 3 N–H and O–H groups in total. The van der Waals surface area contributed by atoms with Crippen LogP contribution in [0, 0.1) is 17.3 Å². The zero-order chi connectivity index (χ0) is 28.5. The second kappa shape index (κ2) is 9.64. The zero-order valence-electron chi connectivity index (χ0n) is 23.9. The molecule has 8 heteroatoms. The zero-order valence-corrected chi connectivity index (χ0v) is 23.9. The summed E-state index contributed by atoms with van der Waals surface area (Å²) in [7, 11) is 1.31. The molecule has 0 radical (unpaired) electrons. The molecular formula is C33H38N4O4. The minimum Gasteiger partial charge on any atom is -0.508 e. The number of fused-ring (bicyclic) bond motifs is 3. The first-order valence-electron chi connectivity index (χ1n) is 14.9. The molecule has 4 atom stereocenters. The summed E-state index contributed by atoms with van der Waals surface area (Å²) >= 11 is 0. The van der Waals surface area contributed by atoms with Gasteiger partial charge in [0, 0.05) is 6.54 Å². The van der Waals surface area contributed by atoms with Gasteiger partial charge in [0.1, 0.15) is 17.6 Å². The number of nitrogens with zero attached hydrogens (tertiary/aromatic N) is 2. The Hall–Kier alpha value is -3.81. The largest absolute Gasteiger partial charge is 0.508 e. The van der Waals surface area contributed by atoms with Crippen LogP contribution in [0.5, 0.6) is 5.75 Å². The number of hydrogen-bond donors (Lipinski definition) is 3. The van der Waals surface area contributed by atoms with Crippen molar-refractivity contribution >= 4 is 12.0 Å². The van der Waals surface area contributed by atoms with Gasteiger partial charge < -0.3 is 25.0 Å². The average Bonchev–Trinajstić information content (AvgIpc) is 3.25. The van der Waals surface area contributed by atoms with Gasteiger partial charge in [-0.3, -0.25) is 4.79 Å². The van der Waals surface area contributed by atoms with Crippen molar-refractivity contribution in [2.24, 2.45) is 17.3 Å². The van der Waals surface area contributed by atoms with Crippen molar-refractivity contribution in [3.8, 4) is 28.1 Å².